The van der Waals surface area contributed by atoms with Crippen LogP contribution in [0.25, 0.3) is 0 Å². The van der Waals surface area contributed by atoms with Crippen LogP contribution in [0.5, 0.6) is 5.75 Å². The number of para-hydroxylation sites is 1. The quantitative estimate of drug-likeness (QED) is 0.827. The highest BCUT2D eigenvalue weighted by Gasteiger charge is 2.12. The second-order valence-corrected chi connectivity index (χ2v) is 6.24. The fourth-order valence-corrected chi connectivity index (χ4v) is 3.08. The van der Waals surface area contributed by atoms with Gasteiger partial charge in [0.15, 0.2) is 0 Å². The van der Waals surface area contributed by atoms with Crippen molar-refractivity contribution in [3.05, 3.63) is 54.1 Å². The van der Waals surface area contributed by atoms with E-state index in [1.54, 1.807) is 0 Å². The van der Waals surface area contributed by atoms with Gasteiger partial charge in [-0.3, -0.25) is 4.79 Å². The van der Waals surface area contributed by atoms with Gasteiger partial charge in [0.1, 0.15) is 5.75 Å². The monoisotopic (exact) mass is 354 g/mol. The summed E-state index contributed by atoms with van der Waals surface area (Å²) in [5.74, 6) is 0.868. The number of anilines is 2. The summed E-state index contributed by atoms with van der Waals surface area (Å²) >= 11 is 0. The predicted molar refractivity (Wildman–Crippen MR) is 104 cm³/mol. The Labute approximate surface area is 154 Å². The summed E-state index contributed by atoms with van der Waals surface area (Å²) in [6.45, 7) is 5.84. The van der Waals surface area contributed by atoms with Crippen LogP contribution >= 0.6 is 0 Å². The minimum absolute atomic E-state index is 0.00966. The van der Waals surface area contributed by atoms with Crippen molar-refractivity contribution in [1.29, 1.82) is 0 Å². The Kier molecular flexibility index (Phi) is 6.50. The summed E-state index contributed by atoms with van der Waals surface area (Å²) < 4.78 is 11.0. The molecule has 0 spiro atoms. The Bertz CT molecular complexity index is 727. The third-order valence-electron chi connectivity index (χ3n) is 4.40. The van der Waals surface area contributed by atoms with Crippen molar-refractivity contribution in [2.75, 3.05) is 43.1 Å². The third-order valence-corrected chi connectivity index (χ3v) is 4.40. The van der Waals surface area contributed by atoms with Crippen LogP contribution in [0.4, 0.5) is 11.4 Å². The first-order valence-electron chi connectivity index (χ1n) is 9.19. The smallest absolute Gasteiger partial charge is 0.224 e. The lowest BCUT2D eigenvalue weighted by Gasteiger charge is -2.29. The molecule has 1 heterocycles. The maximum atomic E-state index is 12.4. The molecular weight excluding hydrogens is 328 g/mol. The van der Waals surface area contributed by atoms with Crippen molar-refractivity contribution < 1.29 is 14.3 Å². The van der Waals surface area contributed by atoms with E-state index >= 15 is 0 Å². The molecule has 5 heteroatoms. The van der Waals surface area contributed by atoms with Crippen LogP contribution < -0.4 is 15.0 Å². The van der Waals surface area contributed by atoms with E-state index in [4.69, 9.17) is 9.47 Å². The van der Waals surface area contributed by atoms with Gasteiger partial charge in [-0.25, -0.2) is 0 Å². The number of morpholine rings is 1. The molecule has 138 valence electrons. The van der Waals surface area contributed by atoms with E-state index in [1.165, 1.54) is 0 Å². The van der Waals surface area contributed by atoms with Gasteiger partial charge in [-0.1, -0.05) is 24.3 Å². The molecule has 1 aliphatic heterocycles. The third kappa shape index (κ3) is 4.99. The van der Waals surface area contributed by atoms with Crippen LogP contribution in [0.1, 0.15) is 18.9 Å². The van der Waals surface area contributed by atoms with Crippen molar-refractivity contribution in [2.45, 2.75) is 19.8 Å². The summed E-state index contributed by atoms with van der Waals surface area (Å²) in [4.78, 5) is 14.6. The van der Waals surface area contributed by atoms with E-state index in [0.29, 0.717) is 19.4 Å². The molecule has 3 rings (SSSR count). The first-order chi connectivity index (χ1) is 12.8. The average Bonchev–Trinajstić information content (AvgIpc) is 2.68. The van der Waals surface area contributed by atoms with E-state index in [9.17, 15) is 4.79 Å². The normalized spacial score (nSPS) is 14.1. The zero-order valence-corrected chi connectivity index (χ0v) is 15.2. The van der Waals surface area contributed by atoms with Crippen LogP contribution in [0.15, 0.2) is 48.5 Å². The summed E-state index contributed by atoms with van der Waals surface area (Å²) in [6, 6.07) is 15.9. The summed E-state index contributed by atoms with van der Waals surface area (Å²) in [5.41, 5.74) is 3.01. The van der Waals surface area contributed by atoms with Crippen molar-refractivity contribution in [3.63, 3.8) is 0 Å². The van der Waals surface area contributed by atoms with E-state index in [1.807, 2.05) is 49.4 Å². The molecule has 0 unspecified atom stereocenters. The van der Waals surface area contributed by atoms with Crippen LogP contribution in [0.2, 0.25) is 0 Å². The van der Waals surface area contributed by atoms with E-state index < -0.39 is 0 Å². The van der Waals surface area contributed by atoms with Crippen LogP contribution in [0, 0.1) is 0 Å². The lowest BCUT2D eigenvalue weighted by molar-refractivity contribution is -0.116. The molecule has 1 N–H and O–H groups in total. The molecule has 0 aliphatic carbocycles. The molecule has 0 atom stereocenters. The van der Waals surface area contributed by atoms with Crippen molar-refractivity contribution in [1.82, 2.24) is 0 Å². The largest absolute Gasteiger partial charge is 0.494 e. The van der Waals surface area contributed by atoms with Crippen molar-refractivity contribution in [3.8, 4) is 5.75 Å². The average molecular weight is 354 g/mol. The Morgan fingerprint density at radius 1 is 1.15 bits per heavy atom. The number of hydrogen-bond donors (Lipinski definition) is 1. The first kappa shape index (κ1) is 18.3. The lowest BCUT2D eigenvalue weighted by atomic mass is 10.1. The highest BCUT2D eigenvalue weighted by Crippen LogP contribution is 2.22. The zero-order valence-electron chi connectivity index (χ0n) is 15.2. The number of carbonyl (C=O) groups excluding carboxylic acids is 1. The number of hydrogen-bond acceptors (Lipinski definition) is 4. The van der Waals surface area contributed by atoms with Gasteiger partial charge in [0, 0.05) is 30.9 Å². The molecular formula is C21H26N2O3. The van der Waals surface area contributed by atoms with Gasteiger partial charge >= 0.3 is 0 Å². The number of benzene rings is 2. The van der Waals surface area contributed by atoms with Crippen LogP contribution in [-0.2, 0) is 16.0 Å². The van der Waals surface area contributed by atoms with Gasteiger partial charge in [0.2, 0.25) is 5.91 Å². The zero-order chi connectivity index (χ0) is 18.2. The molecule has 1 saturated heterocycles. The molecule has 0 aromatic heterocycles. The maximum Gasteiger partial charge on any atom is 0.224 e. The lowest BCUT2D eigenvalue weighted by Crippen LogP contribution is -2.36. The molecule has 5 nitrogen and oxygen atoms in total. The number of aryl methyl sites for hydroxylation is 1. The van der Waals surface area contributed by atoms with Crippen LogP contribution in [0.3, 0.4) is 0 Å². The Balaban J connectivity index is 1.57. The van der Waals surface area contributed by atoms with E-state index in [2.05, 4.69) is 16.3 Å². The SMILES string of the molecule is CCOc1ccccc1CCC(=O)Nc1cccc(N2CCOCC2)c1. The van der Waals surface area contributed by atoms with E-state index in [0.717, 1.165) is 49.0 Å². The fraction of sp³-hybridized carbons (Fsp3) is 0.381. The number of rotatable bonds is 7. The number of amides is 1. The summed E-state index contributed by atoms with van der Waals surface area (Å²) in [7, 11) is 0. The Hall–Kier alpha value is -2.53. The molecule has 0 saturated carbocycles. The minimum atomic E-state index is 0.00966. The fourth-order valence-electron chi connectivity index (χ4n) is 3.08. The second-order valence-electron chi connectivity index (χ2n) is 6.24. The van der Waals surface area contributed by atoms with Gasteiger partial charge in [0.25, 0.3) is 0 Å². The van der Waals surface area contributed by atoms with Gasteiger partial charge in [-0.15, -0.1) is 0 Å². The highest BCUT2D eigenvalue weighted by molar-refractivity contribution is 5.91. The van der Waals surface area contributed by atoms with Gasteiger partial charge < -0.3 is 19.7 Å². The Morgan fingerprint density at radius 3 is 2.77 bits per heavy atom. The topological polar surface area (TPSA) is 50.8 Å². The number of nitrogens with zero attached hydrogens (tertiary/aromatic N) is 1. The van der Waals surface area contributed by atoms with Gasteiger partial charge in [-0.05, 0) is 43.2 Å². The standard InChI is InChI=1S/C21H26N2O3/c1-2-26-20-9-4-3-6-17(20)10-11-21(24)22-18-7-5-8-19(16-18)23-12-14-25-15-13-23/h3-9,16H,2,10-15H2,1H3,(H,22,24). The molecule has 1 fully saturated rings. The molecule has 0 bridgehead atoms. The summed E-state index contributed by atoms with van der Waals surface area (Å²) in [6.07, 6.45) is 1.08. The van der Waals surface area contributed by atoms with Crippen molar-refractivity contribution >= 4 is 17.3 Å². The number of nitrogens with one attached hydrogen (secondary N) is 1. The van der Waals surface area contributed by atoms with Crippen LogP contribution in [-0.4, -0.2) is 38.8 Å². The van der Waals surface area contributed by atoms with E-state index in [-0.39, 0.29) is 5.91 Å². The molecule has 1 amide bonds. The van der Waals surface area contributed by atoms with Crippen molar-refractivity contribution in [2.24, 2.45) is 0 Å². The Morgan fingerprint density at radius 2 is 1.96 bits per heavy atom. The second kappa shape index (κ2) is 9.25. The maximum absolute atomic E-state index is 12.4. The number of carbonyl (C=O) groups is 1. The predicted octanol–water partition coefficient (Wildman–Crippen LogP) is 3.49. The van der Waals surface area contributed by atoms with Gasteiger partial charge in [-0.2, -0.15) is 0 Å². The molecule has 1 aliphatic rings. The highest BCUT2D eigenvalue weighted by atomic mass is 16.5. The first-order valence-corrected chi connectivity index (χ1v) is 9.19. The molecule has 0 radical (unpaired) electrons. The molecule has 26 heavy (non-hydrogen) atoms. The number of ether oxygens (including phenoxy) is 2. The molecule has 2 aromatic rings. The molecule has 2 aromatic carbocycles. The van der Waals surface area contributed by atoms with Gasteiger partial charge in [0.05, 0.1) is 19.8 Å². The minimum Gasteiger partial charge on any atom is -0.494 e. The summed E-state index contributed by atoms with van der Waals surface area (Å²) in [5, 5.41) is 3.01.